The maximum Gasteiger partial charge on any atom is 0.150 e. The van der Waals surface area contributed by atoms with Gasteiger partial charge in [-0.1, -0.05) is 30.3 Å². The van der Waals surface area contributed by atoms with Gasteiger partial charge in [-0.25, -0.2) is 14.4 Å². The van der Waals surface area contributed by atoms with Crippen molar-refractivity contribution in [2.75, 3.05) is 11.1 Å². The number of rotatable bonds is 4. The van der Waals surface area contributed by atoms with Crippen molar-refractivity contribution in [3.8, 4) is 17.2 Å². The molecular weight excluding hydrogens is 369 g/mol. The minimum atomic E-state index is -0.397. The summed E-state index contributed by atoms with van der Waals surface area (Å²) in [5, 5.41) is 22.1. The van der Waals surface area contributed by atoms with E-state index in [4.69, 9.17) is 5.73 Å². The summed E-state index contributed by atoms with van der Waals surface area (Å²) in [5.74, 6) is 0.0464. The molecule has 0 radical (unpaired) electrons. The smallest absolute Gasteiger partial charge is 0.150 e. The number of hydrogen-bond acceptors (Lipinski definition) is 7. The van der Waals surface area contributed by atoms with E-state index in [-0.39, 0.29) is 17.2 Å². The van der Waals surface area contributed by atoms with Gasteiger partial charge in [0.15, 0.2) is 0 Å². The Labute approximate surface area is 166 Å². The number of nitriles is 1. The zero-order valence-electron chi connectivity index (χ0n) is 15.5. The maximum atomic E-state index is 14.0. The third-order valence-electron chi connectivity index (χ3n) is 4.56. The van der Waals surface area contributed by atoms with Crippen molar-refractivity contribution < 1.29 is 4.39 Å². The molecule has 0 amide bonds. The Bertz CT molecular complexity index is 1250. The fourth-order valence-electron chi connectivity index (χ4n) is 3.21. The molecule has 2 aromatic carbocycles. The van der Waals surface area contributed by atoms with Crippen LogP contribution in [0.3, 0.4) is 0 Å². The molecule has 0 bridgehead atoms. The van der Waals surface area contributed by atoms with Gasteiger partial charge in [-0.15, -0.1) is 0 Å². The fourth-order valence-corrected chi connectivity index (χ4v) is 3.21. The van der Waals surface area contributed by atoms with Crippen LogP contribution in [-0.4, -0.2) is 20.2 Å². The van der Waals surface area contributed by atoms with Crippen LogP contribution in [-0.2, 0) is 0 Å². The first-order chi connectivity index (χ1) is 14.1. The first-order valence-electron chi connectivity index (χ1n) is 8.87. The average molecular weight is 385 g/mol. The SMILES string of the molecule is C[C@@H](Nc1ncnc(N)c1C#N)c1nnc2ccccc2c1-c1cccc(F)c1. The Kier molecular flexibility index (Phi) is 4.71. The Morgan fingerprint density at radius 3 is 2.72 bits per heavy atom. The number of nitrogens with zero attached hydrogens (tertiary/aromatic N) is 5. The molecule has 4 aromatic rings. The summed E-state index contributed by atoms with van der Waals surface area (Å²) in [7, 11) is 0. The van der Waals surface area contributed by atoms with Gasteiger partial charge in [-0.2, -0.15) is 15.5 Å². The van der Waals surface area contributed by atoms with E-state index in [2.05, 4.69) is 25.5 Å². The van der Waals surface area contributed by atoms with Crippen LogP contribution in [0.15, 0.2) is 54.9 Å². The molecule has 3 N–H and O–H groups in total. The van der Waals surface area contributed by atoms with Crippen LogP contribution in [0.5, 0.6) is 0 Å². The molecule has 0 spiro atoms. The third-order valence-corrected chi connectivity index (χ3v) is 4.56. The lowest BCUT2D eigenvalue weighted by molar-refractivity contribution is 0.628. The fraction of sp³-hybridized carbons (Fsp3) is 0.0952. The highest BCUT2D eigenvalue weighted by atomic mass is 19.1. The zero-order chi connectivity index (χ0) is 20.4. The van der Waals surface area contributed by atoms with Crippen molar-refractivity contribution in [1.29, 1.82) is 5.26 Å². The van der Waals surface area contributed by atoms with Crippen LogP contribution >= 0.6 is 0 Å². The summed E-state index contributed by atoms with van der Waals surface area (Å²) in [6.45, 7) is 1.86. The Morgan fingerprint density at radius 2 is 1.93 bits per heavy atom. The molecule has 29 heavy (non-hydrogen) atoms. The number of nitrogens with one attached hydrogen (secondary N) is 1. The van der Waals surface area contributed by atoms with Gasteiger partial charge in [-0.05, 0) is 30.7 Å². The lowest BCUT2D eigenvalue weighted by Gasteiger charge is -2.19. The number of nitrogen functional groups attached to an aromatic ring is 1. The molecule has 0 saturated carbocycles. The molecule has 0 fully saturated rings. The molecular formula is C21H16FN7. The summed E-state index contributed by atoms with van der Waals surface area (Å²) in [5.41, 5.74) is 8.66. The average Bonchev–Trinajstić information content (AvgIpc) is 2.73. The number of fused-ring (bicyclic) bond motifs is 1. The second kappa shape index (κ2) is 7.48. The van der Waals surface area contributed by atoms with Gasteiger partial charge in [0.05, 0.1) is 17.3 Å². The van der Waals surface area contributed by atoms with Crippen LogP contribution in [0.4, 0.5) is 16.0 Å². The maximum absolute atomic E-state index is 14.0. The van der Waals surface area contributed by atoms with Gasteiger partial charge >= 0.3 is 0 Å². The second-order valence-electron chi connectivity index (χ2n) is 6.45. The van der Waals surface area contributed by atoms with Crippen molar-refractivity contribution in [3.05, 3.63) is 71.9 Å². The lowest BCUT2D eigenvalue weighted by Crippen LogP contribution is -2.14. The lowest BCUT2D eigenvalue weighted by atomic mass is 9.96. The summed E-state index contributed by atoms with van der Waals surface area (Å²) < 4.78 is 14.0. The van der Waals surface area contributed by atoms with Gasteiger partial charge in [-0.3, -0.25) is 0 Å². The molecule has 7 nitrogen and oxygen atoms in total. The van der Waals surface area contributed by atoms with Crippen molar-refractivity contribution in [2.45, 2.75) is 13.0 Å². The Hall–Kier alpha value is -4.12. The first kappa shape index (κ1) is 18.3. The molecule has 142 valence electrons. The van der Waals surface area contributed by atoms with Gasteiger partial charge in [0.1, 0.15) is 35.4 Å². The molecule has 0 unspecified atom stereocenters. The molecule has 0 aliphatic heterocycles. The van der Waals surface area contributed by atoms with Crippen LogP contribution in [0, 0.1) is 17.1 Å². The topological polar surface area (TPSA) is 113 Å². The normalized spacial score (nSPS) is 11.8. The van der Waals surface area contributed by atoms with E-state index in [0.717, 1.165) is 10.9 Å². The Balaban J connectivity index is 1.87. The minimum Gasteiger partial charge on any atom is -0.382 e. The van der Waals surface area contributed by atoms with Crippen molar-refractivity contribution in [3.63, 3.8) is 0 Å². The van der Waals surface area contributed by atoms with Gasteiger partial charge in [0.25, 0.3) is 0 Å². The number of nitrogens with two attached hydrogens (primary N) is 1. The van der Waals surface area contributed by atoms with Crippen LogP contribution in [0.2, 0.25) is 0 Å². The number of benzene rings is 2. The first-order valence-corrected chi connectivity index (χ1v) is 8.87. The van der Waals surface area contributed by atoms with Crippen LogP contribution in [0.1, 0.15) is 24.2 Å². The largest absolute Gasteiger partial charge is 0.382 e. The van der Waals surface area contributed by atoms with Crippen molar-refractivity contribution in [1.82, 2.24) is 20.2 Å². The van der Waals surface area contributed by atoms with E-state index in [1.807, 2.05) is 43.3 Å². The monoisotopic (exact) mass is 385 g/mol. The zero-order valence-corrected chi connectivity index (χ0v) is 15.5. The number of aromatic nitrogens is 4. The molecule has 0 saturated heterocycles. The van der Waals surface area contributed by atoms with Crippen LogP contribution < -0.4 is 11.1 Å². The van der Waals surface area contributed by atoms with E-state index in [0.29, 0.717) is 22.6 Å². The highest BCUT2D eigenvalue weighted by Crippen LogP contribution is 2.34. The molecule has 8 heteroatoms. The molecule has 2 heterocycles. The molecule has 1 atom stereocenters. The number of anilines is 2. The number of hydrogen-bond donors (Lipinski definition) is 2. The van der Waals surface area contributed by atoms with Gasteiger partial charge in [0.2, 0.25) is 0 Å². The third kappa shape index (κ3) is 3.41. The van der Waals surface area contributed by atoms with E-state index in [1.54, 1.807) is 6.07 Å². The summed E-state index contributed by atoms with van der Waals surface area (Å²) >= 11 is 0. The molecule has 4 rings (SSSR count). The summed E-state index contributed by atoms with van der Waals surface area (Å²) in [6.07, 6.45) is 1.28. The molecule has 2 aromatic heterocycles. The van der Waals surface area contributed by atoms with Crippen molar-refractivity contribution >= 4 is 22.5 Å². The van der Waals surface area contributed by atoms with Crippen LogP contribution in [0.25, 0.3) is 22.0 Å². The highest BCUT2D eigenvalue weighted by Gasteiger charge is 2.20. The predicted molar refractivity (Wildman–Crippen MR) is 108 cm³/mol. The second-order valence-corrected chi connectivity index (χ2v) is 6.45. The predicted octanol–water partition coefficient (Wildman–Crippen LogP) is 3.85. The molecule has 0 aliphatic carbocycles. The van der Waals surface area contributed by atoms with E-state index in [1.165, 1.54) is 18.5 Å². The van der Waals surface area contributed by atoms with Gasteiger partial charge < -0.3 is 11.1 Å². The van der Waals surface area contributed by atoms with Crippen molar-refractivity contribution in [2.24, 2.45) is 0 Å². The van der Waals surface area contributed by atoms with E-state index in [9.17, 15) is 9.65 Å². The van der Waals surface area contributed by atoms with E-state index >= 15 is 0 Å². The number of halogens is 1. The summed E-state index contributed by atoms with van der Waals surface area (Å²) in [6, 6.07) is 15.5. The molecule has 0 aliphatic rings. The Morgan fingerprint density at radius 1 is 1.10 bits per heavy atom. The standard InChI is InChI=1S/C21H16FN7/c1-12(27-21-16(10-23)20(24)25-11-26-21)19-18(13-5-4-6-14(22)9-13)15-7-2-3-8-17(15)28-29-19/h2-9,11-12H,1H3,(H3,24,25,26,27)/t12-/m1/s1. The van der Waals surface area contributed by atoms with Gasteiger partial charge in [0, 0.05) is 10.9 Å². The van der Waals surface area contributed by atoms with E-state index < -0.39 is 6.04 Å². The highest BCUT2D eigenvalue weighted by molar-refractivity contribution is 5.95. The quantitative estimate of drug-likeness (QED) is 0.548. The summed E-state index contributed by atoms with van der Waals surface area (Å²) in [4.78, 5) is 7.96. The minimum absolute atomic E-state index is 0.0900.